The molecule has 5 nitrogen and oxygen atoms in total. The van der Waals surface area contributed by atoms with Crippen molar-refractivity contribution < 1.29 is 17.5 Å². The highest BCUT2D eigenvalue weighted by atomic mass is 32.2. The number of methoxy groups -OCH3 is 1. The number of aryl methyl sites for hydroxylation is 1. The fourth-order valence-corrected chi connectivity index (χ4v) is 2.89. The lowest BCUT2D eigenvalue weighted by Crippen LogP contribution is -2.13. The first-order valence-electron chi connectivity index (χ1n) is 6.06. The van der Waals surface area contributed by atoms with Crippen molar-refractivity contribution in [3.8, 4) is 5.75 Å². The average molecular weight is 310 g/mol. The molecule has 0 spiro atoms. The average Bonchev–Trinajstić information content (AvgIpc) is 2.41. The molecular formula is C14H15FN2O3S. The summed E-state index contributed by atoms with van der Waals surface area (Å²) < 4.78 is 45.2. The Morgan fingerprint density at radius 1 is 1.19 bits per heavy atom. The Kier molecular flexibility index (Phi) is 4.04. The van der Waals surface area contributed by atoms with Crippen molar-refractivity contribution >= 4 is 21.4 Å². The Labute approximate surface area is 122 Å². The van der Waals surface area contributed by atoms with E-state index in [1.54, 1.807) is 25.1 Å². The second-order valence-corrected chi connectivity index (χ2v) is 6.16. The van der Waals surface area contributed by atoms with Crippen LogP contribution in [0.15, 0.2) is 41.3 Å². The highest BCUT2D eigenvalue weighted by Crippen LogP contribution is 2.24. The smallest absolute Gasteiger partial charge is 0.261 e. The predicted octanol–water partition coefficient (Wildman–Crippen LogP) is 2.53. The van der Waals surface area contributed by atoms with Crippen molar-refractivity contribution in [3.63, 3.8) is 0 Å². The van der Waals surface area contributed by atoms with E-state index >= 15 is 0 Å². The Hall–Kier alpha value is -2.28. The lowest BCUT2D eigenvalue weighted by Gasteiger charge is -2.11. The van der Waals surface area contributed by atoms with Gasteiger partial charge in [0.15, 0.2) is 0 Å². The first-order chi connectivity index (χ1) is 9.83. The number of benzene rings is 2. The van der Waals surface area contributed by atoms with Gasteiger partial charge < -0.3 is 10.5 Å². The minimum atomic E-state index is -3.88. The molecule has 2 aromatic rings. The lowest BCUT2D eigenvalue weighted by atomic mass is 10.2. The molecule has 0 saturated heterocycles. The van der Waals surface area contributed by atoms with Crippen LogP contribution in [-0.2, 0) is 10.0 Å². The summed E-state index contributed by atoms with van der Waals surface area (Å²) in [4.78, 5) is -0.192. The second kappa shape index (κ2) is 5.61. The van der Waals surface area contributed by atoms with Gasteiger partial charge in [0.2, 0.25) is 0 Å². The molecule has 0 aliphatic rings. The highest BCUT2D eigenvalue weighted by molar-refractivity contribution is 7.92. The summed E-state index contributed by atoms with van der Waals surface area (Å²) in [5.41, 5.74) is 6.37. The molecule has 0 aromatic heterocycles. The summed E-state index contributed by atoms with van der Waals surface area (Å²) in [6.45, 7) is 1.79. The molecule has 0 amide bonds. The van der Waals surface area contributed by atoms with Gasteiger partial charge in [-0.1, -0.05) is 0 Å². The molecule has 112 valence electrons. The summed E-state index contributed by atoms with van der Waals surface area (Å²) in [6, 6.07) is 8.19. The molecule has 0 unspecified atom stereocenters. The minimum absolute atomic E-state index is 0.103. The molecule has 21 heavy (non-hydrogen) atoms. The van der Waals surface area contributed by atoms with Gasteiger partial charge >= 0.3 is 0 Å². The SMILES string of the molecule is COc1ccc(NS(=O)(=O)c2ccc(N)c(F)c2)cc1C. The van der Waals surface area contributed by atoms with E-state index in [1.807, 2.05) is 0 Å². The van der Waals surface area contributed by atoms with Crippen LogP contribution in [0.2, 0.25) is 0 Å². The van der Waals surface area contributed by atoms with Gasteiger partial charge in [0.1, 0.15) is 11.6 Å². The van der Waals surface area contributed by atoms with Crippen LogP contribution in [-0.4, -0.2) is 15.5 Å². The van der Waals surface area contributed by atoms with Crippen LogP contribution in [0, 0.1) is 12.7 Å². The van der Waals surface area contributed by atoms with Gasteiger partial charge in [-0.2, -0.15) is 0 Å². The number of nitrogens with one attached hydrogen (secondary N) is 1. The van der Waals surface area contributed by atoms with Crippen molar-refractivity contribution in [3.05, 3.63) is 47.8 Å². The monoisotopic (exact) mass is 310 g/mol. The molecule has 0 saturated carbocycles. The van der Waals surface area contributed by atoms with Crippen molar-refractivity contribution in [1.82, 2.24) is 0 Å². The van der Waals surface area contributed by atoms with Crippen molar-refractivity contribution in [2.24, 2.45) is 0 Å². The van der Waals surface area contributed by atoms with E-state index in [2.05, 4.69) is 4.72 Å². The maximum Gasteiger partial charge on any atom is 0.261 e. The number of hydrogen-bond acceptors (Lipinski definition) is 4. The third-order valence-corrected chi connectivity index (χ3v) is 4.31. The highest BCUT2D eigenvalue weighted by Gasteiger charge is 2.16. The van der Waals surface area contributed by atoms with Crippen LogP contribution < -0.4 is 15.2 Å². The van der Waals surface area contributed by atoms with Crippen LogP contribution in [0.1, 0.15) is 5.56 Å². The quantitative estimate of drug-likeness (QED) is 0.850. The van der Waals surface area contributed by atoms with E-state index in [-0.39, 0.29) is 10.6 Å². The predicted molar refractivity (Wildman–Crippen MR) is 79.4 cm³/mol. The van der Waals surface area contributed by atoms with Gasteiger partial charge in [0.25, 0.3) is 10.0 Å². The maximum absolute atomic E-state index is 13.4. The van der Waals surface area contributed by atoms with Crippen molar-refractivity contribution in [2.45, 2.75) is 11.8 Å². The zero-order valence-corrected chi connectivity index (χ0v) is 12.4. The third-order valence-electron chi connectivity index (χ3n) is 2.93. The number of nitrogens with two attached hydrogens (primary N) is 1. The molecule has 0 aliphatic heterocycles. The molecule has 0 aliphatic carbocycles. The molecule has 0 atom stereocenters. The molecular weight excluding hydrogens is 295 g/mol. The summed E-state index contributed by atoms with van der Waals surface area (Å²) in [5, 5.41) is 0. The van der Waals surface area contributed by atoms with E-state index in [0.29, 0.717) is 11.4 Å². The number of sulfonamides is 1. The summed E-state index contributed by atoms with van der Waals surface area (Å²) in [5.74, 6) is -0.125. The van der Waals surface area contributed by atoms with E-state index in [1.165, 1.54) is 19.2 Å². The fraction of sp³-hybridized carbons (Fsp3) is 0.143. The van der Waals surface area contributed by atoms with Gasteiger partial charge in [-0.15, -0.1) is 0 Å². The number of anilines is 2. The number of hydrogen-bond donors (Lipinski definition) is 2. The molecule has 3 N–H and O–H groups in total. The number of rotatable bonds is 4. The molecule has 0 radical (unpaired) electrons. The summed E-state index contributed by atoms with van der Waals surface area (Å²) in [7, 11) is -2.34. The van der Waals surface area contributed by atoms with E-state index in [0.717, 1.165) is 11.6 Å². The first kappa shape index (κ1) is 15.1. The van der Waals surface area contributed by atoms with Crippen molar-refractivity contribution in [1.29, 1.82) is 0 Å². The minimum Gasteiger partial charge on any atom is -0.496 e. The van der Waals surface area contributed by atoms with Gasteiger partial charge in [-0.3, -0.25) is 4.72 Å². The van der Waals surface area contributed by atoms with Crippen LogP contribution in [0.25, 0.3) is 0 Å². The van der Waals surface area contributed by atoms with Crippen LogP contribution in [0.5, 0.6) is 5.75 Å². The van der Waals surface area contributed by atoms with Crippen LogP contribution in [0.4, 0.5) is 15.8 Å². The van der Waals surface area contributed by atoms with E-state index in [9.17, 15) is 12.8 Å². The topological polar surface area (TPSA) is 81.4 Å². The molecule has 0 fully saturated rings. The summed E-state index contributed by atoms with van der Waals surface area (Å²) in [6.07, 6.45) is 0. The maximum atomic E-state index is 13.4. The lowest BCUT2D eigenvalue weighted by molar-refractivity contribution is 0.412. The van der Waals surface area contributed by atoms with Gasteiger partial charge in [-0.05, 0) is 48.9 Å². The van der Waals surface area contributed by atoms with Crippen molar-refractivity contribution in [2.75, 3.05) is 17.6 Å². The second-order valence-electron chi connectivity index (χ2n) is 4.47. The molecule has 7 heteroatoms. The number of nitrogen functional groups attached to an aromatic ring is 1. The van der Waals surface area contributed by atoms with E-state index in [4.69, 9.17) is 10.5 Å². The Balaban J connectivity index is 2.32. The molecule has 0 bridgehead atoms. The first-order valence-corrected chi connectivity index (χ1v) is 7.54. The zero-order valence-electron chi connectivity index (χ0n) is 11.6. The molecule has 0 heterocycles. The Bertz CT molecular complexity index is 776. The van der Waals surface area contributed by atoms with E-state index < -0.39 is 15.8 Å². The normalized spacial score (nSPS) is 11.2. The largest absolute Gasteiger partial charge is 0.496 e. The zero-order chi connectivity index (χ0) is 15.6. The number of ether oxygens (including phenoxy) is 1. The Morgan fingerprint density at radius 3 is 2.48 bits per heavy atom. The van der Waals surface area contributed by atoms with Crippen LogP contribution in [0.3, 0.4) is 0 Å². The van der Waals surface area contributed by atoms with Gasteiger partial charge in [-0.25, -0.2) is 12.8 Å². The summed E-state index contributed by atoms with van der Waals surface area (Å²) >= 11 is 0. The standard InChI is InChI=1S/C14H15FN2O3S/c1-9-7-10(3-6-14(9)20-2)17-21(18,19)11-4-5-13(16)12(15)8-11/h3-8,17H,16H2,1-2H3. The fourth-order valence-electron chi connectivity index (χ4n) is 1.83. The van der Waals surface area contributed by atoms with Crippen LogP contribution >= 0.6 is 0 Å². The third kappa shape index (κ3) is 3.25. The van der Waals surface area contributed by atoms with Gasteiger partial charge in [0.05, 0.1) is 17.7 Å². The molecule has 2 rings (SSSR count). The number of halogens is 1. The Morgan fingerprint density at radius 2 is 1.90 bits per heavy atom. The van der Waals surface area contributed by atoms with Gasteiger partial charge in [0, 0.05) is 5.69 Å². The molecule has 2 aromatic carbocycles.